The number of methoxy groups -OCH3 is 1. The predicted octanol–water partition coefficient (Wildman–Crippen LogP) is 2.18. The van der Waals surface area contributed by atoms with E-state index in [0.29, 0.717) is 12.6 Å². The number of anilines is 2. The Morgan fingerprint density at radius 2 is 2.24 bits per heavy atom. The molecular formula is C11H16N4OS. The maximum Gasteiger partial charge on any atom is 0.226 e. The lowest BCUT2D eigenvalue weighted by molar-refractivity contribution is 0.210. The molecule has 92 valence electrons. The third-order valence-electron chi connectivity index (χ3n) is 2.26. The molecule has 2 rings (SSSR count). The van der Waals surface area contributed by atoms with Crippen LogP contribution in [0.4, 0.5) is 11.8 Å². The minimum atomic E-state index is 0.659. The van der Waals surface area contributed by atoms with Gasteiger partial charge < -0.3 is 15.4 Å². The van der Waals surface area contributed by atoms with E-state index in [1.54, 1.807) is 18.4 Å². The van der Waals surface area contributed by atoms with Crippen molar-refractivity contribution in [3.63, 3.8) is 0 Å². The lowest BCUT2D eigenvalue weighted by atomic mass is 10.4. The number of hydrogen-bond donors (Lipinski definition) is 2. The summed E-state index contributed by atoms with van der Waals surface area (Å²) in [6.07, 6.45) is 0. The van der Waals surface area contributed by atoms with Gasteiger partial charge >= 0.3 is 0 Å². The van der Waals surface area contributed by atoms with Crippen molar-refractivity contribution >= 4 is 33.3 Å². The molecule has 2 aromatic heterocycles. The fourth-order valence-electron chi connectivity index (χ4n) is 1.50. The second kappa shape index (κ2) is 5.79. The topological polar surface area (TPSA) is 59.1 Å². The summed E-state index contributed by atoms with van der Waals surface area (Å²) in [6.45, 7) is 4.24. The van der Waals surface area contributed by atoms with Crippen molar-refractivity contribution in [2.24, 2.45) is 0 Å². The van der Waals surface area contributed by atoms with Gasteiger partial charge in [0.05, 0.1) is 12.0 Å². The van der Waals surface area contributed by atoms with Crippen molar-refractivity contribution in [1.29, 1.82) is 0 Å². The van der Waals surface area contributed by atoms with Gasteiger partial charge in [0.15, 0.2) is 0 Å². The van der Waals surface area contributed by atoms with Gasteiger partial charge in [-0.15, -0.1) is 11.3 Å². The van der Waals surface area contributed by atoms with E-state index in [1.807, 2.05) is 18.4 Å². The molecule has 2 heterocycles. The van der Waals surface area contributed by atoms with E-state index < -0.39 is 0 Å². The van der Waals surface area contributed by atoms with Crippen LogP contribution in [0.3, 0.4) is 0 Å². The van der Waals surface area contributed by atoms with Gasteiger partial charge in [0.2, 0.25) is 5.95 Å². The molecule has 0 fully saturated rings. The maximum atomic E-state index is 5.02. The number of nitrogens with zero attached hydrogens (tertiary/aromatic N) is 2. The minimum Gasteiger partial charge on any atom is -0.383 e. The molecule has 0 aliphatic carbocycles. The monoisotopic (exact) mass is 252 g/mol. The van der Waals surface area contributed by atoms with E-state index in [2.05, 4.69) is 20.6 Å². The Kier molecular flexibility index (Phi) is 4.11. The number of aromatic nitrogens is 2. The minimum absolute atomic E-state index is 0.659. The Hall–Kier alpha value is -1.40. The molecule has 6 heteroatoms. The van der Waals surface area contributed by atoms with E-state index in [9.17, 15) is 0 Å². The average Bonchev–Trinajstić information content (AvgIpc) is 2.78. The summed E-state index contributed by atoms with van der Waals surface area (Å²) in [5.41, 5.74) is 0. The van der Waals surface area contributed by atoms with E-state index in [0.717, 1.165) is 29.1 Å². The molecule has 0 bridgehead atoms. The van der Waals surface area contributed by atoms with Crippen LogP contribution in [0.2, 0.25) is 0 Å². The summed E-state index contributed by atoms with van der Waals surface area (Å²) >= 11 is 1.62. The first-order valence-corrected chi connectivity index (χ1v) is 6.45. The summed E-state index contributed by atoms with van der Waals surface area (Å²) < 4.78 is 5.02. The van der Waals surface area contributed by atoms with Crippen molar-refractivity contribution in [2.75, 3.05) is 37.4 Å². The van der Waals surface area contributed by atoms with Gasteiger partial charge in [-0.2, -0.15) is 4.98 Å². The normalized spacial score (nSPS) is 10.7. The van der Waals surface area contributed by atoms with Crippen LogP contribution in [0.5, 0.6) is 0 Å². The number of thiophene rings is 1. The van der Waals surface area contributed by atoms with Crippen molar-refractivity contribution in [3.8, 4) is 0 Å². The zero-order valence-electron chi connectivity index (χ0n) is 9.99. The molecule has 2 aromatic rings. The van der Waals surface area contributed by atoms with E-state index in [-0.39, 0.29) is 0 Å². The van der Waals surface area contributed by atoms with Crippen molar-refractivity contribution in [2.45, 2.75) is 6.92 Å². The predicted molar refractivity (Wildman–Crippen MR) is 71.9 cm³/mol. The first-order valence-electron chi connectivity index (χ1n) is 5.57. The molecule has 0 atom stereocenters. The van der Waals surface area contributed by atoms with Crippen LogP contribution < -0.4 is 10.6 Å². The number of rotatable bonds is 6. The van der Waals surface area contributed by atoms with Gasteiger partial charge in [0.25, 0.3) is 0 Å². The van der Waals surface area contributed by atoms with Gasteiger partial charge in [0, 0.05) is 20.2 Å². The van der Waals surface area contributed by atoms with Crippen LogP contribution in [0.1, 0.15) is 6.92 Å². The molecular weight excluding hydrogens is 236 g/mol. The molecule has 0 unspecified atom stereocenters. The smallest absolute Gasteiger partial charge is 0.226 e. The first-order chi connectivity index (χ1) is 8.35. The first kappa shape index (κ1) is 12.1. The lowest BCUT2D eigenvalue weighted by Gasteiger charge is -2.08. The van der Waals surface area contributed by atoms with Crippen LogP contribution in [0, 0.1) is 0 Å². The van der Waals surface area contributed by atoms with Crippen molar-refractivity contribution in [1.82, 2.24) is 9.97 Å². The van der Waals surface area contributed by atoms with Crippen LogP contribution in [-0.2, 0) is 4.74 Å². The second-order valence-corrected chi connectivity index (χ2v) is 4.38. The van der Waals surface area contributed by atoms with E-state index in [1.165, 1.54) is 0 Å². The number of ether oxygens (including phenoxy) is 1. The summed E-state index contributed by atoms with van der Waals surface area (Å²) in [7, 11) is 1.69. The third-order valence-corrected chi connectivity index (χ3v) is 3.07. The molecule has 0 aromatic carbocycles. The molecule has 17 heavy (non-hydrogen) atoms. The number of nitrogens with one attached hydrogen (secondary N) is 2. The van der Waals surface area contributed by atoms with E-state index in [4.69, 9.17) is 4.74 Å². The van der Waals surface area contributed by atoms with Gasteiger partial charge in [-0.3, -0.25) is 0 Å². The highest BCUT2D eigenvalue weighted by Crippen LogP contribution is 2.26. The summed E-state index contributed by atoms with van der Waals surface area (Å²) in [5, 5.41) is 9.48. The SMILES string of the molecule is CCNc1nc(NCCOC)c2ccsc2n1. The molecule has 0 saturated carbocycles. The van der Waals surface area contributed by atoms with Gasteiger partial charge in [-0.1, -0.05) is 0 Å². The average molecular weight is 252 g/mol. The van der Waals surface area contributed by atoms with Gasteiger partial charge in [-0.25, -0.2) is 4.98 Å². The molecule has 0 spiro atoms. The van der Waals surface area contributed by atoms with Crippen LogP contribution in [0.25, 0.3) is 10.2 Å². The molecule has 2 N–H and O–H groups in total. The van der Waals surface area contributed by atoms with Crippen LogP contribution in [0.15, 0.2) is 11.4 Å². The highest BCUT2D eigenvalue weighted by Gasteiger charge is 2.07. The van der Waals surface area contributed by atoms with E-state index >= 15 is 0 Å². The number of hydrogen-bond acceptors (Lipinski definition) is 6. The fraction of sp³-hybridized carbons (Fsp3) is 0.455. The Balaban J connectivity index is 2.26. The maximum absolute atomic E-state index is 5.02. The highest BCUT2D eigenvalue weighted by molar-refractivity contribution is 7.16. The summed E-state index contributed by atoms with van der Waals surface area (Å²) in [6, 6.07) is 2.03. The zero-order valence-corrected chi connectivity index (χ0v) is 10.8. The third kappa shape index (κ3) is 2.83. The Morgan fingerprint density at radius 1 is 1.35 bits per heavy atom. The summed E-state index contributed by atoms with van der Waals surface area (Å²) in [4.78, 5) is 9.89. The zero-order chi connectivity index (χ0) is 12.1. The lowest BCUT2D eigenvalue weighted by Crippen LogP contribution is -2.11. The molecule has 5 nitrogen and oxygen atoms in total. The highest BCUT2D eigenvalue weighted by atomic mass is 32.1. The molecule has 0 aliphatic rings. The second-order valence-electron chi connectivity index (χ2n) is 3.49. The Labute approximate surface area is 104 Å². The van der Waals surface area contributed by atoms with Gasteiger partial charge in [-0.05, 0) is 18.4 Å². The standard InChI is InChI=1S/C11H16N4OS/c1-3-12-11-14-9(13-5-6-16-2)8-4-7-17-10(8)15-11/h4,7H,3,5-6H2,1-2H3,(H2,12,13,14,15). The van der Waals surface area contributed by atoms with Crippen molar-refractivity contribution in [3.05, 3.63) is 11.4 Å². The quantitative estimate of drug-likeness (QED) is 0.772. The molecule has 0 radical (unpaired) electrons. The van der Waals surface area contributed by atoms with Crippen molar-refractivity contribution < 1.29 is 4.74 Å². The molecule has 0 aliphatic heterocycles. The molecule has 0 saturated heterocycles. The Morgan fingerprint density at radius 3 is 3.00 bits per heavy atom. The van der Waals surface area contributed by atoms with Gasteiger partial charge in [0.1, 0.15) is 10.6 Å². The summed E-state index contributed by atoms with van der Waals surface area (Å²) in [5.74, 6) is 1.53. The Bertz CT molecular complexity index is 485. The van der Waals surface area contributed by atoms with Crippen LogP contribution >= 0.6 is 11.3 Å². The number of fused-ring (bicyclic) bond motifs is 1. The van der Waals surface area contributed by atoms with Crippen LogP contribution in [-0.4, -0.2) is 36.8 Å². The molecule has 0 amide bonds. The fourth-order valence-corrected chi connectivity index (χ4v) is 2.26. The largest absolute Gasteiger partial charge is 0.383 e.